The number of carbonyl (C=O) groups is 2. The van der Waals surface area contributed by atoms with Gasteiger partial charge in [0.15, 0.2) is 5.78 Å². The first-order chi connectivity index (χ1) is 9.15. The minimum Gasteiger partial charge on any atom is -0.385 e. The van der Waals surface area contributed by atoms with Gasteiger partial charge in [-0.25, -0.2) is 0 Å². The quantitative estimate of drug-likeness (QED) is 0.589. The number of rotatable bonds is 8. The van der Waals surface area contributed by atoms with Crippen molar-refractivity contribution in [3.05, 3.63) is 34.9 Å². The standard InChI is InChI=1S/C14H18ClNO3/c1-19-10-4-9-16-14(18)8-7-13(17)11-5-2-3-6-12(11)15/h2-3,5-6H,4,7-10H2,1H3,(H,16,18). The van der Waals surface area contributed by atoms with Crippen molar-refractivity contribution in [1.29, 1.82) is 0 Å². The predicted molar refractivity (Wildman–Crippen MR) is 74.5 cm³/mol. The van der Waals surface area contributed by atoms with E-state index in [0.29, 0.717) is 23.7 Å². The van der Waals surface area contributed by atoms with E-state index in [1.54, 1.807) is 31.4 Å². The van der Waals surface area contributed by atoms with Gasteiger partial charge in [0.2, 0.25) is 5.91 Å². The molecule has 0 heterocycles. The van der Waals surface area contributed by atoms with Gasteiger partial charge in [-0.05, 0) is 18.6 Å². The van der Waals surface area contributed by atoms with E-state index in [4.69, 9.17) is 16.3 Å². The Morgan fingerprint density at radius 1 is 1.26 bits per heavy atom. The molecule has 1 aromatic rings. The third kappa shape index (κ3) is 5.85. The minimum atomic E-state index is -0.128. The molecule has 104 valence electrons. The molecular formula is C14H18ClNO3. The average Bonchev–Trinajstić information content (AvgIpc) is 2.41. The summed E-state index contributed by atoms with van der Waals surface area (Å²) in [5.41, 5.74) is 0.469. The van der Waals surface area contributed by atoms with Crippen LogP contribution >= 0.6 is 11.6 Å². The number of amides is 1. The maximum absolute atomic E-state index is 11.9. The van der Waals surface area contributed by atoms with Gasteiger partial charge in [-0.1, -0.05) is 23.7 Å². The number of ether oxygens (including phenoxy) is 1. The molecule has 0 saturated carbocycles. The zero-order valence-electron chi connectivity index (χ0n) is 10.9. The lowest BCUT2D eigenvalue weighted by molar-refractivity contribution is -0.121. The lowest BCUT2D eigenvalue weighted by Gasteiger charge is -2.05. The molecule has 0 fully saturated rings. The predicted octanol–water partition coefficient (Wildman–Crippen LogP) is 2.46. The molecule has 0 spiro atoms. The van der Waals surface area contributed by atoms with E-state index in [1.165, 1.54) is 0 Å². The maximum atomic E-state index is 11.9. The van der Waals surface area contributed by atoms with E-state index in [2.05, 4.69) is 5.32 Å². The third-order valence-corrected chi connectivity index (χ3v) is 2.93. The van der Waals surface area contributed by atoms with Crippen molar-refractivity contribution in [1.82, 2.24) is 5.32 Å². The molecule has 4 nitrogen and oxygen atoms in total. The molecular weight excluding hydrogens is 266 g/mol. The van der Waals surface area contributed by atoms with Gasteiger partial charge in [0.1, 0.15) is 0 Å². The van der Waals surface area contributed by atoms with Crippen LogP contribution in [0.25, 0.3) is 0 Å². The number of Topliss-reactive ketones (excluding diaryl/α,β-unsaturated/α-hetero) is 1. The Labute approximate surface area is 118 Å². The van der Waals surface area contributed by atoms with E-state index in [-0.39, 0.29) is 24.5 Å². The van der Waals surface area contributed by atoms with Crippen molar-refractivity contribution < 1.29 is 14.3 Å². The highest BCUT2D eigenvalue weighted by molar-refractivity contribution is 6.34. The summed E-state index contributed by atoms with van der Waals surface area (Å²) in [6.07, 6.45) is 1.11. The Morgan fingerprint density at radius 3 is 2.68 bits per heavy atom. The Morgan fingerprint density at radius 2 is 2.00 bits per heavy atom. The number of nitrogens with one attached hydrogen (secondary N) is 1. The molecule has 0 unspecified atom stereocenters. The summed E-state index contributed by atoms with van der Waals surface area (Å²) < 4.78 is 4.87. The van der Waals surface area contributed by atoms with Gasteiger partial charge < -0.3 is 10.1 Å². The van der Waals surface area contributed by atoms with Crippen molar-refractivity contribution in [2.45, 2.75) is 19.3 Å². The molecule has 5 heteroatoms. The number of carbonyl (C=O) groups excluding carboxylic acids is 2. The van der Waals surface area contributed by atoms with Crippen LogP contribution in [0, 0.1) is 0 Å². The number of hydrogen-bond acceptors (Lipinski definition) is 3. The molecule has 0 aliphatic carbocycles. The fourth-order valence-electron chi connectivity index (χ4n) is 1.58. The summed E-state index contributed by atoms with van der Waals surface area (Å²) in [7, 11) is 1.62. The van der Waals surface area contributed by atoms with Gasteiger partial charge in [-0.15, -0.1) is 0 Å². The van der Waals surface area contributed by atoms with E-state index >= 15 is 0 Å². The number of halogens is 1. The van der Waals surface area contributed by atoms with Crippen molar-refractivity contribution in [2.75, 3.05) is 20.3 Å². The Bertz CT molecular complexity index is 434. The van der Waals surface area contributed by atoms with Crippen LogP contribution in [0.5, 0.6) is 0 Å². The summed E-state index contributed by atoms with van der Waals surface area (Å²) in [6, 6.07) is 6.85. The second-order valence-corrected chi connectivity index (χ2v) is 4.51. The largest absolute Gasteiger partial charge is 0.385 e. The second-order valence-electron chi connectivity index (χ2n) is 4.10. The van der Waals surface area contributed by atoms with Crippen molar-refractivity contribution >= 4 is 23.3 Å². The van der Waals surface area contributed by atoms with E-state index < -0.39 is 0 Å². The van der Waals surface area contributed by atoms with Crippen LogP contribution in [-0.4, -0.2) is 32.0 Å². The van der Waals surface area contributed by atoms with Gasteiger partial charge in [0.25, 0.3) is 0 Å². The summed E-state index contributed by atoms with van der Waals surface area (Å²) in [4.78, 5) is 23.4. The molecule has 0 aliphatic heterocycles. The Balaban J connectivity index is 2.30. The highest BCUT2D eigenvalue weighted by atomic mass is 35.5. The van der Waals surface area contributed by atoms with Crippen LogP contribution < -0.4 is 5.32 Å². The van der Waals surface area contributed by atoms with Gasteiger partial charge in [-0.2, -0.15) is 0 Å². The lowest BCUT2D eigenvalue weighted by atomic mass is 10.1. The smallest absolute Gasteiger partial charge is 0.220 e. The number of benzene rings is 1. The van der Waals surface area contributed by atoms with Crippen LogP contribution in [0.4, 0.5) is 0 Å². The summed E-state index contributed by atoms with van der Waals surface area (Å²) in [5, 5.41) is 3.16. The molecule has 0 aliphatic rings. The lowest BCUT2D eigenvalue weighted by Crippen LogP contribution is -2.25. The molecule has 1 amide bonds. The first-order valence-electron chi connectivity index (χ1n) is 6.18. The number of methoxy groups -OCH3 is 1. The van der Waals surface area contributed by atoms with E-state index in [0.717, 1.165) is 6.42 Å². The molecule has 0 radical (unpaired) electrons. The summed E-state index contributed by atoms with van der Waals surface area (Å²) in [5.74, 6) is -0.242. The zero-order valence-corrected chi connectivity index (χ0v) is 11.7. The molecule has 1 rings (SSSR count). The average molecular weight is 284 g/mol. The van der Waals surface area contributed by atoms with Crippen molar-refractivity contribution in [3.63, 3.8) is 0 Å². The molecule has 0 atom stereocenters. The van der Waals surface area contributed by atoms with Crippen LogP contribution in [-0.2, 0) is 9.53 Å². The Kier molecular flexibility index (Phi) is 7.15. The summed E-state index contributed by atoms with van der Waals surface area (Å²) in [6.45, 7) is 1.17. The fraction of sp³-hybridized carbons (Fsp3) is 0.429. The summed E-state index contributed by atoms with van der Waals surface area (Å²) >= 11 is 5.92. The first-order valence-corrected chi connectivity index (χ1v) is 6.56. The molecule has 0 saturated heterocycles. The zero-order chi connectivity index (χ0) is 14.1. The topological polar surface area (TPSA) is 55.4 Å². The second kappa shape index (κ2) is 8.67. The fourth-order valence-corrected chi connectivity index (χ4v) is 1.82. The molecule has 19 heavy (non-hydrogen) atoms. The van der Waals surface area contributed by atoms with Gasteiger partial charge in [0.05, 0.1) is 5.02 Å². The maximum Gasteiger partial charge on any atom is 0.220 e. The van der Waals surface area contributed by atoms with Gasteiger partial charge >= 0.3 is 0 Å². The van der Waals surface area contributed by atoms with Gasteiger partial charge in [-0.3, -0.25) is 9.59 Å². The van der Waals surface area contributed by atoms with Crippen LogP contribution in [0.2, 0.25) is 5.02 Å². The third-order valence-electron chi connectivity index (χ3n) is 2.60. The highest BCUT2D eigenvalue weighted by Gasteiger charge is 2.11. The Hall–Kier alpha value is -1.39. The molecule has 0 bridgehead atoms. The minimum absolute atomic E-state index is 0.113. The number of hydrogen-bond donors (Lipinski definition) is 1. The molecule has 1 aromatic carbocycles. The van der Waals surface area contributed by atoms with Crippen molar-refractivity contribution in [2.24, 2.45) is 0 Å². The van der Waals surface area contributed by atoms with E-state index in [1.807, 2.05) is 0 Å². The van der Waals surface area contributed by atoms with E-state index in [9.17, 15) is 9.59 Å². The van der Waals surface area contributed by atoms with Crippen molar-refractivity contribution in [3.8, 4) is 0 Å². The van der Waals surface area contributed by atoms with Crippen LogP contribution in [0.15, 0.2) is 24.3 Å². The normalized spacial score (nSPS) is 10.2. The molecule has 1 N–H and O–H groups in total. The first kappa shape index (κ1) is 15.7. The van der Waals surface area contributed by atoms with Gasteiger partial charge in [0, 0.05) is 38.7 Å². The van der Waals surface area contributed by atoms with Crippen LogP contribution in [0.1, 0.15) is 29.6 Å². The highest BCUT2D eigenvalue weighted by Crippen LogP contribution is 2.17. The molecule has 0 aromatic heterocycles. The number of ketones is 1. The van der Waals surface area contributed by atoms with Crippen LogP contribution in [0.3, 0.4) is 0 Å². The SMILES string of the molecule is COCCCNC(=O)CCC(=O)c1ccccc1Cl. The monoisotopic (exact) mass is 283 g/mol.